The summed E-state index contributed by atoms with van der Waals surface area (Å²) in [6, 6.07) is 14.3. The van der Waals surface area contributed by atoms with Crippen LogP contribution in [0.15, 0.2) is 60.2 Å². The second-order valence-corrected chi connectivity index (χ2v) is 7.80. The highest BCUT2D eigenvalue weighted by Crippen LogP contribution is 2.25. The number of carbonyl (C=O) groups is 1. The number of aromatic nitrogens is 2. The smallest absolute Gasteiger partial charge is 0.254 e. The van der Waals surface area contributed by atoms with Crippen molar-refractivity contribution in [1.82, 2.24) is 14.7 Å². The average Bonchev–Trinajstić information content (AvgIpc) is 3.40. The molecule has 1 aliphatic rings. The van der Waals surface area contributed by atoms with Gasteiger partial charge < -0.3 is 4.90 Å². The van der Waals surface area contributed by atoms with Gasteiger partial charge in [0.25, 0.3) is 5.91 Å². The molecule has 0 N–H and O–H groups in total. The average molecular weight is 366 g/mol. The summed E-state index contributed by atoms with van der Waals surface area (Å²) >= 11 is 1.80. The Kier molecular flexibility index (Phi) is 5.16. The second kappa shape index (κ2) is 7.87. The number of thiophene rings is 1. The van der Waals surface area contributed by atoms with Gasteiger partial charge in [-0.05, 0) is 67.8 Å². The van der Waals surface area contributed by atoms with Crippen molar-refractivity contribution >= 4 is 17.2 Å². The summed E-state index contributed by atoms with van der Waals surface area (Å²) in [7, 11) is 0. The molecule has 3 aromatic rings. The Morgan fingerprint density at radius 3 is 2.96 bits per heavy atom. The van der Waals surface area contributed by atoms with Crippen molar-refractivity contribution in [2.24, 2.45) is 0 Å². The van der Waals surface area contributed by atoms with Crippen molar-refractivity contribution in [1.29, 1.82) is 0 Å². The third kappa shape index (κ3) is 3.73. The maximum absolute atomic E-state index is 13.2. The van der Waals surface area contributed by atoms with E-state index < -0.39 is 0 Å². The van der Waals surface area contributed by atoms with Gasteiger partial charge in [-0.15, -0.1) is 11.3 Å². The molecule has 0 spiro atoms. The number of hydrogen-bond donors (Lipinski definition) is 0. The van der Waals surface area contributed by atoms with Gasteiger partial charge in [-0.25, -0.2) is 4.68 Å². The highest BCUT2D eigenvalue weighted by atomic mass is 32.1. The van der Waals surface area contributed by atoms with Crippen molar-refractivity contribution in [2.75, 3.05) is 6.54 Å². The number of piperidine rings is 1. The summed E-state index contributed by atoms with van der Waals surface area (Å²) in [6.07, 6.45) is 9.17. The van der Waals surface area contributed by atoms with Crippen LogP contribution in [0.4, 0.5) is 0 Å². The molecule has 5 heteroatoms. The van der Waals surface area contributed by atoms with Gasteiger partial charge in [-0.3, -0.25) is 4.79 Å². The Morgan fingerprint density at radius 1 is 1.19 bits per heavy atom. The number of benzene rings is 1. The quantitative estimate of drug-likeness (QED) is 0.665. The van der Waals surface area contributed by atoms with Crippen LogP contribution in [0.5, 0.6) is 0 Å². The van der Waals surface area contributed by atoms with Crippen molar-refractivity contribution in [3.8, 4) is 5.69 Å². The summed E-state index contributed by atoms with van der Waals surface area (Å²) in [5, 5.41) is 6.39. The Morgan fingerprint density at radius 2 is 2.15 bits per heavy atom. The summed E-state index contributed by atoms with van der Waals surface area (Å²) in [6.45, 7) is 0.861. The number of aryl methyl sites for hydroxylation is 1. The standard InChI is InChI=1S/C21H23N3OS/c25-21(17-6-3-8-19(16-17)24-14-5-12-22-24)23-13-2-1-7-18(23)10-11-20-9-4-15-26-20/h3-6,8-9,12,14-16,18H,1-2,7,10-11,13H2. The lowest BCUT2D eigenvalue weighted by molar-refractivity contribution is 0.0602. The summed E-state index contributed by atoms with van der Waals surface area (Å²) in [5.41, 5.74) is 1.68. The van der Waals surface area contributed by atoms with Crippen molar-refractivity contribution in [2.45, 2.75) is 38.1 Å². The van der Waals surface area contributed by atoms with E-state index in [2.05, 4.69) is 27.5 Å². The molecule has 3 heterocycles. The minimum absolute atomic E-state index is 0.148. The molecule has 26 heavy (non-hydrogen) atoms. The third-order valence-corrected chi connectivity index (χ3v) is 5.99. The first-order valence-corrected chi connectivity index (χ1v) is 10.1. The van der Waals surface area contributed by atoms with Gasteiger partial charge in [0.2, 0.25) is 0 Å². The van der Waals surface area contributed by atoms with Gasteiger partial charge in [0.1, 0.15) is 0 Å². The third-order valence-electron chi connectivity index (χ3n) is 5.05. The van der Waals surface area contributed by atoms with E-state index >= 15 is 0 Å². The van der Waals surface area contributed by atoms with E-state index in [1.807, 2.05) is 36.5 Å². The van der Waals surface area contributed by atoms with E-state index in [1.54, 1.807) is 22.2 Å². The zero-order chi connectivity index (χ0) is 17.8. The highest BCUT2D eigenvalue weighted by molar-refractivity contribution is 7.09. The first kappa shape index (κ1) is 17.0. The van der Waals surface area contributed by atoms with Crippen LogP contribution >= 0.6 is 11.3 Å². The van der Waals surface area contributed by atoms with Crippen LogP contribution in [0.2, 0.25) is 0 Å². The van der Waals surface area contributed by atoms with Crippen molar-refractivity contribution in [3.05, 3.63) is 70.7 Å². The fourth-order valence-corrected chi connectivity index (χ4v) is 4.43. The second-order valence-electron chi connectivity index (χ2n) is 6.77. The van der Waals surface area contributed by atoms with Gasteiger partial charge >= 0.3 is 0 Å². The van der Waals surface area contributed by atoms with E-state index in [-0.39, 0.29) is 5.91 Å². The zero-order valence-corrected chi connectivity index (χ0v) is 15.6. The molecule has 0 radical (unpaired) electrons. The van der Waals surface area contributed by atoms with Crippen LogP contribution in [-0.2, 0) is 6.42 Å². The molecule has 1 unspecified atom stereocenters. The van der Waals surface area contributed by atoms with E-state index in [9.17, 15) is 4.79 Å². The lowest BCUT2D eigenvalue weighted by atomic mass is 9.96. The van der Waals surface area contributed by atoms with Gasteiger partial charge in [0.15, 0.2) is 0 Å². The molecule has 1 amide bonds. The summed E-state index contributed by atoms with van der Waals surface area (Å²) < 4.78 is 1.79. The summed E-state index contributed by atoms with van der Waals surface area (Å²) in [5.74, 6) is 0.148. The number of amides is 1. The predicted octanol–water partition coefficient (Wildman–Crippen LogP) is 4.56. The van der Waals surface area contributed by atoms with Gasteiger partial charge in [-0.1, -0.05) is 12.1 Å². The Balaban J connectivity index is 1.50. The highest BCUT2D eigenvalue weighted by Gasteiger charge is 2.27. The number of nitrogens with zero attached hydrogens (tertiary/aromatic N) is 3. The Labute approximate surface area is 158 Å². The van der Waals surface area contributed by atoms with Crippen LogP contribution in [0.25, 0.3) is 5.69 Å². The molecule has 134 valence electrons. The van der Waals surface area contributed by atoms with E-state index in [0.717, 1.165) is 43.5 Å². The molecule has 1 atom stereocenters. The lowest BCUT2D eigenvalue weighted by Gasteiger charge is -2.36. The van der Waals surface area contributed by atoms with E-state index in [0.29, 0.717) is 6.04 Å². The summed E-state index contributed by atoms with van der Waals surface area (Å²) in [4.78, 5) is 16.7. The van der Waals surface area contributed by atoms with Crippen molar-refractivity contribution in [3.63, 3.8) is 0 Å². The Bertz CT molecular complexity index is 842. The minimum Gasteiger partial charge on any atom is -0.336 e. The molecule has 2 aromatic heterocycles. The van der Waals surface area contributed by atoms with Crippen LogP contribution in [-0.4, -0.2) is 33.2 Å². The molecular weight excluding hydrogens is 342 g/mol. The SMILES string of the molecule is O=C(c1cccc(-n2cccn2)c1)N1CCCCC1CCc1cccs1. The normalized spacial score (nSPS) is 17.4. The van der Waals surface area contributed by atoms with Gasteiger partial charge in [0, 0.05) is 35.4 Å². The van der Waals surface area contributed by atoms with Crippen molar-refractivity contribution < 1.29 is 4.79 Å². The molecule has 4 rings (SSSR count). The first-order valence-electron chi connectivity index (χ1n) is 9.25. The number of carbonyl (C=O) groups excluding carboxylic acids is 1. The number of likely N-dealkylation sites (tertiary alicyclic amines) is 1. The molecule has 1 fully saturated rings. The molecule has 1 aromatic carbocycles. The van der Waals surface area contributed by atoms with Gasteiger partial charge in [0.05, 0.1) is 5.69 Å². The fourth-order valence-electron chi connectivity index (χ4n) is 3.70. The van der Waals surface area contributed by atoms with Gasteiger partial charge in [-0.2, -0.15) is 5.10 Å². The topological polar surface area (TPSA) is 38.1 Å². The molecule has 1 saturated heterocycles. The lowest BCUT2D eigenvalue weighted by Crippen LogP contribution is -2.44. The van der Waals surface area contributed by atoms with Crippen LogP contribution < -0.4 is 0 Å². The zero-order valence-electron chi connectivity index (χ0n) is 14.8. The largest absolute Gasteiger partial charge is 0.336 e. The number of rotatable bonds is 5. The Hall–Kier alpha value is -2.40. The molecule has 4 nitrogen and oxygen atoms in total. The molecule has 0 bridgehead atoms. The maximum atomic E-state index is 13.2. The van der Waals surface area contributed by atoms with E-state index in [4.69, 9.17) is 0 Å². The monoisotopic (exact) mass is 365 g/mol. The van der Waals surface area contributed by atoms with Crippen LogP contribution in [0.3, 0.4) is 0 Å². The van der Waals surface area contributed by atoms with Crippen LogP contribution in [0.1, 0.15) is 40.9 Å². The van der Waals surface area contributed by atoms with Crippen LogP contribution in [0, 0.1) is 0 Å². The van der Waals surface area contributed by atoms with E-state index in [1.165, 1.54) is 11.3 Å². The minimum atomic E-state index is 0.148. The molecule has 0 aliphatic carbocycles. The number of hydrogen-bond acceptors (Lipinski definition) is 3. The maximum Gasteiger partial charge on any atom is 0.254 e. The first-order chi connectivity index (χ1) is 12.8. The predicted molar refractivity (Wildman–Crippen MR) is 105 cm³/mol. The molecule has 1 aliphatic heterocycles. The molecular formula is C21H23N3OS. The fraction of sp³-hybridized carbons (Fsp3) is 0.333. The molecule has 0 saturated carbocycles.